The van der Waals surface area contributed by atoms with Crippen LogP contribution in [0.5, 0.6) is 0 Å². The summed E-state index contributed by atoms with van der Waals surface area (Å²) < 4.78 is 26.3. The van der Waals surface area contributed by atoms with E-state index in [1.807, 2.05) is 0 Å². The average Bonchev–Trinajstić information content (AvgIpc) is 2.82. The summed E-state index contributed by atoms with van der Waals surface area (Å²) in [5.41, 5.74) is 3.11. The second-order valence-corrected chi connectivity index (χ2v) is 4.76. The second-order valence-electron chi connectivity index (χ2n) is 4.76. The molecule has 0 aliphatic heterocycles. The average molecular weight is 265 g/mol. The van der Waals surface area contributed by atoms with E-state index < -0.39 is 11.6 Å². The number of allylic oxidation sites excluding steroid dienone is 2. The predicted molar refractivity (Wildman–Crippen MR) is 71.3 cm³/mol. The summed E-state index contributed by atoms with van der Waals surface area (Å²) in [6.07, 6.45) is 4.50. The molecule has 0 saturated heterocycles. The van der Waals surface area contributed by atoms with Crippen molar-refractivity contribution in [1.29, 1.82) is 0 Å². The third-order valence-corrected chi connectivity index (χ3v) is 3.47. The van der Waals surface area contributed by atoms with Crippen molar-refractivity contribution in [3.05, 3.63) is 41.0 Å². The fraction of sp³-hybridized carbons (Fsp3) is 0.400. The van der Waals surface area contributed by atoms with Gasteiger partial charge in [0.15, 0.2) is 11.6 Å². The first-order valence-electron chi connectivity index (χ1n) is 6.56. The molecule has 0 bridgehead atoms. The largest absolute Gasteiger partial charge is 0.411 e. The molecule has 1 aliphatic rings. The molecule has 2 nitrogen and oxygen atoms in total. The molecule has 1 aromatic carbocycles. The van der Waals surface area contributed by atoms with Crippen LogP contribution < -0.4 is 0 Å². The minimum absolute atomic E-state index is 0.567. The summed E-state index contributed by atoms with van der Waals surface area (Å²) >= 11 is 0. The standard InChI is InChI=1S/C15H17F2NO/c1-2-3-4-10-6-8-14(18-19)15(10)11-5-7-12(16)13(17)9-11/h5,7,9,19H,2-4,6,8H2,1H3. The van der Waals surface area contributed by atoms with Crippen LogP contribution in [0.1, 0.15) is 44.6 Å². The third-order valence-electron chi connectivity index (χ3n) is 3.47. The Labute approximate surface area is 111 Å². The Bertz CT molecular complexity index is 535. The van der Waals surface area contributed by atoms with Gasteiger partial charge in [-0.05, 0) is 43.4 Å². The molecule has 0 spiro atoms. The zero-order valence-electron chi connectivity index (χ0n) is 10.9. The first-order valence-corrected chi connectivity index (χ1v) is 6.56. The van der Waals surface area contributed by atoms with Gasteiger partial charge in [0.25, 0.3) is 0 Å². The van der Waals surface area contributed by atoms with E-state index in [0.29, 0.717) is 17.7 Å². The van der Waals surface area contributed by atoms with Crippen molar-refractivity contribution < 1.29 is 14.0 Å². The van der Waals surface area contributed by atoms with E-state index in [0.717, 1.165) is 37.3 Å². The summed E-state index contributed by atoms with van der Waals surface area (Å²) in [5.74, 6) is -1.73. The lowest BCUT2D eigenvalue weighted by molar-refractivity contribution is 0.319. The minimum atomic E-state index is -0.871. The summed E-state index contributed by atoms with van der Waals surface area (Å²) in [6, 6.07) is 3.83. The van der Waals surface area contributed by atoms with Crippen LogP contribution in [0, 0.1) is 11.6 Å². The van der Waals surface area contributed by atoms with Crippen molar-refractivity contribution in [2.75, 3.05) is 0 Å². The van der Waals surface area contributed by atoms with Crippen LogP contribution in [0.3, 0.4) is 0 Å². The predicted octanol–water partition coefficient (Wildman–Crippen LogP) is 4.53. The van der Waals surface area contributed by atoms with Gasteiger partial charge in [-0.3, -0.25) is 0 Å². The second kappa shape index (κ2) is 5.95. The van der Waals surface area contributed by atoms with Crippen LogP contribution in [-0.4, -0.2) is 10.9 Å². The van der Waals surface area contributed by atoms with E-state index in [4.69, 9.17) is 5.21 Å². The summed E-state index contributed by atoms with van der Waals surface area (Å²) in [6.45, 7) is 2.10. The quantitative estimate of drug-likeness (QED) is 0.629. The summed E-state index contributed by atoms with van der Waals surface area (Å²) in [7, 11) is 0. The molecule has 1 N–H and O–H groups in total. The molecule has 0 aromatic heterocycles. The van der Waals surface area contributed by atoms with Crippen LogP contribution in [0.15, 0.2) is 28.9 Å². The Morgan fingerprint density at radius 2 is 2.00 bits per heavy atom. The maximum Gasteiger partial charge on any atom is 0.159 e. The number of rotatable bonds is 4. The maximum atomic E-state index is 13.3. The molecule has 1 aliphatic carbocycles. The van der Waals surface area contributed by atoms with E-state index in [-0.39, 0.29) is 0 Å². The van der Waals surface area contributed by atoms with Crippen LogP contribution in [0.2, 0.25) is 0 Å². The molecular weight excluding hydrogens is 248 g/mol. The molecule has 0 fully saturated rings. The molecule has 0 unspecified atom stereocenters. The van der Waals surface area contributed by atoms with Gasteiger partial charge in [-0.2, -0.15) is 0 Å². The number of hydrogen-bond acceptors (Lipinski definition) is 2. The number of hydrogen-bond donors (Lipinski definition) is 1. The highest BCUT2D eigenvalue weighted by atomic mass is 19.2. The molecule has 4 heteroatoms. The van der Waals surface area contributed by atoms with Gasteiger partial charge in [0.1, 0.15) is 0 Å². The van der Waals surface area contributed by atoms with Crippen molar-refractivity contribution in [2.24, 2.45) is 5.16 Å². The Morgan fingerprint density at radius 3 is 2.63 bits per heavy atom. The van der Waals surface area contributed by atoms with Crippen LogP contribution in [0.25, 0.3) is 5.57 Å². The SMILES string of the molecule is CCCCC1=C(c2ccc(F)c(F)c2)C(=NO)CC1. The zero-order chi connectivity index (χ0) is 13.8. The molecule has 0 amide bonds. The number of unbranched alkanes of at least 4 members (excludes halogenated alkanes) is 1. The van der Waals surface area contributed by atoms with Crippen LogP contribution in [-0.2, 0) is 0 Å². The van der Waals surface area contributed by atoms with Gasteiger partial charge in [0.2, 0.25) is 0 Å². The summed E-state index contributed by atoms with van der Waals surface area (Å²) in [5, 5.41) is 12.3. The molecule has 0 heterocycles. The first kappa shape index (κ1) is 13.7. The molecule has 0 saturated carbocycles. The van der Waals surface area contributed by atoms with E-state index >= 15 is 0 Å². The highest BCUT2D eigenvalue weighted by Gasteiger charge is 2.23. The monoisotopic (exact) mass is 265 g/mol. The fourth-order valence-electron chi connectivity index (χ4n) is 2.49. The highest BCUT2D eigenvalue weighted by Crippen LogP contribution is 2.35. The molecule has 0 atom stereocenters. The highest BCUT2D eigenvalue weighted by molar-refractivity contribution is 6.26. The van der Waals surface area contributed by atoms with Gasteiger partial charge in [-0.1, -0.05) is 30.1 Å². The van der Waals surface area contributed by atoms with E-state index in [1.54, 1.807) is 0 Å². The number of oxime groups is 1. The van der Waals surface area contributed by atoms with Gasteiger partial charge in [0, 0.05) is 5.57 Å². The van der Waals surface area contributed by atoms with Gasteiger partial charge in [-0.15, -0.1) is 0 Å². The molecule has 0 radical (unpaired) electrons. The Hall–Kier alpha value is -1.71. The van der Waals surface area contributed by atoms with Gasteiger partial charge in [0.05, 0.1) is 5.71 Å². The van der Waals surface area contributed by atoms with Gasteiger partial charge >= 0.3 is 0 Å². The smallest absolute Gasteiger partial charge is 0.159 e. The van der Waals surface area contributed by atoms with Gasteiger partial charge < -0.3 is 5.21 Å². The molecule has 102 valence electrons. The van der Waals surface area contributed by atoms with Crippen molar-refractivity contribution >= 4 is 11.3 Å². The van der Waals surface area contributed by atoms with Crippen molar-refractivity contribution in [3.63, 3.8) is 0 Å². The number of benzene rings is 1. The Morgan fingerprint density at radius 1 is 1.21 bits per heavy atom. The minimum Gasteiger partial charge on any atom is -0.411 e. The van der Waals surface area contributed by atoms with E-state index in [9.17, 15) is 8.78 Å². The zero-order valence-corrected chi connectivity index (χ0v) is 10.9. The summed E-state index contributed by atoms with van der Waals surface area (Å²) in [4.78, 5) is 0. The fourth-order valence-corrected chi connectivity index (χ4v) is 2.49. The molecule has 19 heavy (non-hydrogen) atoms. The third kappa shape index (κ3) is 2.83. The molecule has 1 aromatic rings. The topological polar surface area (TPSA) is 32.6 Å². The van der Waals surface area contributed by atoms with Crippen molar-refractivity contribution in [3.8, 4) is 0 Å². The lowest BCUT2D eigenvalue weighted by Crippen LogP contribution is -1.99. The Kier molecular flexibility index (Phi) is 4.30. The molecular formula is C15H17F2NO. The van der Waals surface area contributed by atoms with E-state index in [2.05, 4.69) is 12.1 Å². The van der Waals surface area contributed by atoms with Crippen molar-refractivity contribution in [2.45, 2.75) is 39.0 Å². The Balaban J connectivity index is 2.43. The van der Waals surface area contributed by atoms with Gasteiger partial charge in [-0.25, -0.2) is 8.78 Å². The molecule has 2 rings (SSSR count). The lowest BCUT2D eigenvalue weighted by Gasteiger charge is -2.08. The van der Waals surface area contributed by atoms with Crippen molar-refractivity contribution in [1.82, 2.24) is 0 Å². The normalized spacial score (nSPS) is 17.5. The van der Waals surface area contributed by atoms with E-state index in [1.165, 1.54) is 17.7 Å². The number of halogens is 2. The van der Waals surface area contributed by atoms with Crippen LogP contribution in [0.4, 0.5) is 8.78 Å². The van der Waals surface area contributed by atoms with Crippen LogP contribution >= 0.6 is 0 Å². The lowest BCUT2D eigenvalue weighted by atomic mass is 9.98. The first-order chi connectivity index (χ1) is 9.17. The maximum absolute atomic E-state index is 13.3. The number of nitrogens with zero attached hydrogens (tertiary/aromatic N) is 1.